The van der Waals surface area contributed by atoms with Crippen LogP contribution in [0.3, 0.4) is 0 Å². The minimum atomic E-state index is 0.410. The van der Waals surface area contributed by atoms with Gasteiger partial charge in [0.1, 0.15) is 12.2 Å². The third kappa shape index (κ3) is 1.98. The molecule has 2 saturated heterocycles. The second kappa shape index (κ2) is 4.38. The van der Waals surface area contributed by atoms with Crippen LogP contribution >= 0.6 is 0 Å². The van der Waals surface area contributed by atoms with Gasteiger partial charge in [0.15, 0.2) is 0 Å². The highest BCUT2D eigenvalue weighted by Crippen LogP contribution is 2.35. The number of nitrogens with two attached hydrogens (primary N) is 1. The van der Waals surface area contributed by atoms with Gasteiger partial charge in [-0.3, -0.25) is 4.90 Å². The van der Waals surface area contributed by atoms with Crippen LogP contribution in [0, 0.1) is 0 Å². The van der Waals surface area contributed by atoms with E-state index in [9.17, 15) is 0 Å². The van der Waals surface area contributed by atoms with Crippen molar-refractivity contribution in [2.24, 2.45) is 5.73 Å². The summed E-state index contributed by atoms with van der Waals surface area (Å²) in [6.45, 7) is 3.95. The molecule has 3 rings (SSSR count). The molecule has 0 spiro atoms. The van der Waals surface area contributed by atoms with Gasteiger partial charge in [-0.05, 0) is 32.6 Å². The van der Waals surface area contributed by atoms with Crippen molar-refractivity contribution in [1.82, 2.24) is 19.7 Å². The summed E-state index contributed by atoms with van der Waals surface area (Å²) in [7, 11) is 0. The molecule has 2 aliphatic heterocycles. The average molecular weight is 235 g/mol. The highest BCUT2D eigenvalue weighted by atomic mass is 15.4. The van der Waals surface area contributed by atoms with E-state index in [0.717, 1.165) is 31.8 Å². The molecule has 0 aliphatic carbocycles. The summed E-state index contributed by atoms with van der Waals surface area (Å²) in [4.78, 5) is 6.97. The van der Waals surface area contributed by atoms with Gasteiger partial charge >= 0.3 is 0 Å². The second-order valence-electron chi connectivity index (χ2n) is 5.28. The molecule has 1 aromatic heterocycles. The number of nitrogens with zero attached hydrogens (tertiary/aromatic N) is 4. The van der Waals surface area contributed by atoms with Gasteiger partial charge in [0.2, 0.25) is 0 Å². The van der Waals surface area contributed by atoms with Crippen LogP contribution < -0.4 is 5.73 Å². The number of hydrogen-bond donors (Lipinski definition) is 1. The Morgan fingerprint density at radius 1 is 1.35 bits per heavy atom. The SMILES string of the molecule is CCn1ncnc1CN1C2CCC1CC(N)C2. The molecule has 17 heavy (non-hydrogen) atoms. The van der Waals surface area contributed by atoms with Crippen molar-refractivity contribution < 1.29 is 0 Å². The van der Waals surface area contributed by atoms with Crippen molar-refractivity contribution in [3.05, 3.63) is 12.2 Å². The van der Waals surface area contributed by atoms with E-state index < -0.39 is 0 Å². The van der Waals surface area contributed by atoms with Crippen LogP contribution in [0.5, 0.6) is 0 Å². The Labute approximate surface area is 102 Å². The number of piperidine rings is 1. The molecule has 2 aliphatic rings. The molecular weight excluding hydrogens is 214 g/mol. The Balaban J connectivity index is 1.74. The van der Waals surface area contributed by atoms with E-state index >= 15 is 0 Å². The zero-order valence-corrected chi connectivity index (χ0v) is 10.4. The lowest BCUT2D eigenvalue weighted by Crippen LogP contribution is -2.47. The zero-order chi connectivity index (χ0) is 11.8. The third-order valence-corrected chi connectivity index (χ3v) is 4.24. The van der Waals surface area contributed by atoms with Crippen molar-refractivity contribution in [1.29, 1.82) is 0 Å². The lowest BCUT2D eigenvalue weighted by molar-refractivity contribution is 0.115. The van der Waals surface area contributed by atoms with Gasteiger partial charge in [-0.1, -0.05) is 0 Å². The topological polar surface area (TPSA) is 60.0 Å². The van der Waals surface area contributed by atoms with Crippen LogP contribution in [0.2, 0.25) is 0 Å². The molecule has 0 aromatic carbocycles. The Morgan fingerprint density at radius 2 is 2.06 bits per heavy atom. The van der Waals surface area contributed by atoms with Crippen molar-refractivity contribution in [2.45, 2.75) is 63.8 Å². The van der Waals surface area contributed by atoms with Gasteiger partial charge in [-0.15, -0.1) is 0 Å². The molecule has 0 saturated carbocycles. The first kappa shape index (κ1) is 11.2. The second-order valence-corrected chi connectivity index (χ2v) is 5.28. The Morgan fingerprint density at radius 3 is 2.71 bits per heavy atom. The maximum atomic E-state index is 6.09. The normalized spacial score (nSPS) is 33.2. The molecule has 94 valence electrons. The lowest BCUT2D eigenvalue weighted by atomic mass is 9.98. The molecule has 3 heterocycles. The van der Waals surface area contributed by atoms with Gasteiger partial charge in [-0.2, -0.15) is 5.10 Å². The number of aromatic nitrogens is 3. The number of hydrogen-bond acceptors (Lipinski definition) is 4. The van der Waals surface area contributed by atoms with Crippen molar-refractivity contribution in [3.8, 4) is 0 Å². The van der Waals surface area contributed by atoms with E-state index in [1.165, 1.54) is 12.8 Å². The van der Waals surface area contributed by atoms with Crippen LogP contribution in [0.1, 0.15) is 38.4 Å². The van der Waals surface area contributed by atoms with Gasteiger partial charge in [0, 0.05) is 24.7 Å². The Kier molecular flexibility index (Phi) is 2.88. The smallest absolute Gasteiger partial charge is 0.141 e. The van der Waals surface area contributed by atoms with Gasteiger partial charge in [0.25, 0.3) is 0 Å². The summed E-state index contributed by atoms with van der Waals surface area (Å²) >= 11 is 0. The van der Waals surface area contributed by atoms with Gasteiger partial charge in [-0.25, -0.2) is 9.67 Å². The Bertz CT molecular complexity index is 374. The van der Waals surface area contributed by atoms with E-state index in [0.29, 0.717) is 18.1 Å². The Hall–Kier alpha value is -0.940. The number of fused-ring (bicyclic) bond motifs is 2. The molecular formula is C12H21N5. The molecule has 2 N–H and O–H groups in total. The largest absolute Gasteiger partial charge is 0.328 e. The minimum absolute atomic E-state index is 0.410. The summed E-state index contributed by atoms with van der Waals surface area (Å²) in [5.41, 5.74) is 6.09. The summed E-state index contributed by atoms with van der Waals surface area (Å²) in [6, 6.07) is 1.75. The summed E-state index contributed by atoms with van der Waals surface area (Å²) in [6.07, 6.45) is 6.57. The van der Waals surface area contributed by atoms with E-state index in [1.807, 2.05) is 4.68 Å². The van der Waals surface area contributed by atoms with Crippen LogP contribution in [-0.2, 0) is 13.1 Å². The van der Waals surface area contributed by atoms with Gasteiger partial charge in [0.05, 0.1) is 6.54 Å². The number of rotatable bonds is 3. The molecule has 2 bridgehead atoms. The van der Waals surface area contributed by atoms with Crippen LogP contribution in [0.15, 0.2) is 6.33 Å². The molecule has 1 aromatic rings. The monoisotopic (exact) mass is 235 g/mol. The van der Waals surface area contributed by atoms with E-state index in [4.69, 9.17) is 5.73 Å². The van der Waals surface area contributed by atoms with Crippen LogP contribution in [0.4, 0.5) is 0 Å². The average Bonchev–Trinajstić information content (AvgIpc) is 2.84. The van der Waals surface area contributed by atoms with Crippen molar-refractivity contribution in [3.63, 3.8) is 0 Å². The van der Waals surface area contributed by atoms with Crippen molar-refractivity contribution in [2.75, 3.05) is 0 Å². The molecule has 0 amide bonds. The quantitative estimate of drug-likeness (QED) is 0.840. The van der Waals surface area contributed by atoms with Crippen LogP contribution in [0.25, 0.3) is 0 Å². The highest BCUT2D eigenvalue weighted by Gasteiger charge is 2.39. The summed E-state index contributed by atoms with van der Waals surface area (Å²) in [5, 5.41) is 4.24. The lowest BCUT2D eigenvalue weighted by Gasteiger charge is -2.37. The fourth-order valence-electron chi connectivity index (χ4n) is 3.41. The standard InChI is InChI=1S/C12H21N5/c1-2-17-12(14-8-15-17)7-16-10-3-4-11(16)6-9(13)5-10/h8-11H,2-7,13H2,1H3. The first-order valence-corrected chi connectivity index (χ1v) is 6.66. The number of aryl methyl sites for hydroxylation is 1. The van der Waals surface area contributed by atoms with E-state index in [1.54, 1.807) is 6.33 Å². The molecule has 5 heteroatoms. The maximum absolute atomic E-state index is 6.09. The summed E-state index contributed by atoms with van der Waals surface area (Å²) < 4.78 is 1.99. The van der Waals surface area contributed by atoms with E-state index in [2.05, 4.69) is 21.9 Å². The highest BCUT2D eigenvalue weighted by molar-refractivity contribution is 4.99. The van der Waals surface area contributed by atoms with Gasteiger partial charge < -0.3 is 5.73 Å². The minimum Gasteiger partial charge on any atom is -0.328 e. The third-order valence-electron chi connectivity index (χ3n) is 4.24. The zero-order valence-electron chi connectivity index (χ0n) is 10.4. The summed E-state index contributed by atoms with van der Waals surface area (Å²) in [5.74, 6) is 1.10. The fraction of sp³-hybridized carbons (Fsp3) is 0.833. The molecule has 2 unspecified atom stereocenters. The molecule has 2 fully saturated rings. The first-order valence-electron chi connectivity index (χ1n) is 6.66. The maximum Gasteiger partial charge on any atom is 0.141 e. The predicted octanol–water partition coefficient (Wildman–Crippen LogP) is 0.752. The molecule has 2 atom stereocenters. The predicted molar refractivity (Wildman–Crippen MR) is 65.3 cm³/mol. The fourth-order valence-corrected chi connectivity index (χ4v) is 3.41. The first-order chi connectivity index (χ1) is 8.28. The molecule has 5 nitrogen and oxygen atoms in total. The molecule has 0 radical (unpaired) electrons. The van der Waals surface area contributed by atoms with Crippen LogP contribution in [-0.4, -0.2) is 37.8 Å². The van der Waals surface area contributed by atoms with Crippen molar-refractivity contribution >= 4 is 0 Å². The van der Waals surface area contributed by atoms with E-state index in [-0.39, 0.29) is 0 Å².